The van der Waals surface area contributed by atoms with Gasteiger partial charge in [0.1, 0.15) is 17.9 Å². The average Bonchev–Trinajstić information content (AvgIpc) is 3.40. The zero-order valence-electron chi connectivity index (χ0n) is 27.1. The number of amides is 1. The van der Waals surface area contributed by atoms with Gasteiger partial charge >= 0.3 is 0 Å². The summed E-state index contributed by atoms with van der Waals surface area (Å²) in [5.74, 6) is 0.857. The van der Waals surface area contributed by atoms with Gasteiger partial charge in [0.25, 0.3) is 11.8 Å². The van der Waals surface area contributed by atoms with Gasteiger partial charge in [-0.25, -0.2) is 9.37 Å². The van der Waals surface area contributed by atoms with Gasteiger partial charge in [0.15, 0.2) is 5.82 Å². The van der Waals surface area contributed by atoms with Crippen LogP contribution in [0.2, 0.25) is 0 Å². The zero-order valence-corrected chi connectivity index (χ0v) is 27.1. The van der Waals surface area contributed by atoms with Crippen molar-refractivity contribution in [3.63, 3.8) is 0 Å². The molecule has 2 fully saturated rings. The molecule has 238 valence electrons. The molecule has 1 aromatic carbocycles. The third-order valence-electron chi connectivity index (χ3n) is 8.92. The Kier molecular flexibility index (Phi) is 11.3. The van der Waals surface area contributed by atoms with Crippen LogP contribution in [-0.2, 0) is 4.74 Å². The first-order valence-corrected chi connectivity index (χ1v) is 15.7. The smallest absolute Gasteiger partial charge is 0.282 e. The molecular formula is C32H50FN7O3. The number of methoxy groups -OCH3 is 1. The van der Waals surface area contributed by atoms with Crippen LogP contribution in [-0.4, -0.2) is 114 Å². The van der Waals surface area contributed by atoms with Gasteiger partial charge in [0, 0.05) is 70.5 Å². The van der Waals surface area contributed by atoms with Crippen molar-refractivity contribution in [2.75, 3.05) is 71.5 Å². The normalized spacial score (nSPS) is 17.2. The van der Waals surface area contributed by atoms with Gasteiger partial charge < -0.3 is 24.2 Å². The number of ether oxygens (including phenoxy) is 2. The van der Waals surface area contributed by atoms with Crippen LogP contribution in [0.15, 0.2) is 24.5 Å². The van der Waals surface area contributed by atoms with Crippen LogP contribution >= 0.6 is 0 Å². The predicted octanol–water partition coefficient (Wildman–Crippen LogP) is 4.57. The largest absolute Gasteiger partial charge is 0.434 e. The monoisotopic (exact) mass is 599 g/mol. The van der Waals surface area contributed by atoms with Crippen LogP contribution < -0.4 is 9.64 Å². The van der Waals surface area contributed by atoms with E-state index in [0.29, 0.717) is 24.3 Å². The van der Waals surface area contributed by atoms with Crippen LogP contribution in [0.4, 0.5) is 10.2 Å². The Bertz CT molecular complexity index is 1210. The molecule has 0 aliphatic carbocycles. The average molecular weight is 600 g/mol. The minimum absolute atomic E-state index is 0.0395. The van der Waals surface area contributed by atoms with Crippen molar-refractivity contribution in [2.45, 2.75) is 66.0 Å². The van der Waals surface area contributed by atoms with Crippen molar-refractivity contribution in [1.82, 2.24) is 29.9 Å². The highest BCUT2D eigenvalue weighted by Gasteiger charge is 2.50. The number of hydrogen-bond acceptors (Lipinski definition) is 9. The molecule has 1 aromatic heterocycles. The number of aromatic nitrogens is 3. The van der Waals surface area contributed by atoms with E-state index in [2.05, 4.69) is 50.8 Å². The van der Waals surface area contributed by atoms with Crippen molar-refractivity contribution in [2.24, 2.45) is 11.3 Å². The number of hydrogen-bond donors (Lipinski definition) is 0. The second-order valence-electron chi connectivity index (χ2n) is 12.8. The second-order valence-corrected chi connectivity index (χ2v) is 12.8. The molecule has 0 saturated carbocycles. The van der Waals surface area contributed by atoms with Gasteiger partial charge in [0.2, 0.25) is 0 Å². The quantitative estimate of drug-likeness (QED) is 0.273. The van der Waals surface area contributed by atoms with E-state index in [1.54, 1.807) is 12.0 Å². The lowest BCUT2D eigenvalue weighted by Crippen LogP contribution is -2.62. The van der Waals surface area contributed by atoms with Crippen LogP contribution in [0.3, 0.4) is 0 Å². The van der Waals surface area contributed by atoms with Crippen LogP contribution in [0.5, 0.6) is 11.6 Å². The fourth-order valence-electron chi connectivity index (χ4n) is 6.61. The van der Waals surface area contributed by atoms with Crippen molar-refractivity contribution >= 4 is 11.7 Å². The predicted molar refractivity (Wildman–Crippen MR) is 166 cm³/mol. The molecule has 2 saturated heterocycles. The maximum absolute atomic E-state index is 14.3. The summed E-state index contributed by atoms with van der Waals surface area (Å²) < 4.78 is 25.7. The van der Waals surface area contributed by atoms with Crippen molar-refractivity contribution in [3.8, 4) is 11.6 Å². The van der Waals surface area contributed by atoms with E-state index in [0.717, 1.165) is 65.1 Å². The number of halogens is 1. The summed E-state index contributed by atoms with van der Waals surface area (Å²) in [5, 5.41) is 8.22. The molecule has 3 heterocycles. The van der Waals surface area contributed by atoms with Crippen molar-refractivity contribution in [1.29, 1.82) is 0 Å². The maximum atomic E-state index is 14.3. The molecule has 0 bridgehead atoms. The van der Waals surface area contributed by atoms with Gasteiger partial charge in [-0.2, -0.15) is 0 Å². The third-order valence-corrected chi connectivity index (χ3v) is 8.92. The number of rotatable bonds is 15. The minimum atomic E-state index is -0.499. The molecule has 1 unspecified atom stereocenters. The van der Waals surface area contributed by atoms with Gasteiger partial charge in [-0.3, -0.25) is 9.69 Å². The SMILES string of the molecule is CCN(C(=O)c1cc(F)ccc1Oc1nncnc1N1CCC2(C1)CN(C(CCN(C)CCCOC)C(C)C)C2)C(C)C. The number of carbonyl (C=O) groups excluding carboxylic acids is 1. The van der Waals surface area contributed by atoms with Gasteiger partial charge in [-0.05, 0) is 77.7 Å². The molecule has 43 heavy (non-hydrogen) atoms. The fourth-order valence-corrected chi connectivity index (χ4v) is 6.61. The molecule has 1 atom stereocenters. The Labute approximate surface area is 256 Å². The first-order chi connectivity index (χ1) is 20.6. The highest BCUT2D eigenvalue weighted by Crippen LogP contribution is 2.44. The first kappa shape index (κ1) is 33.0. The molecule has 10 nitrogen and oxygen atoms in total. The van der Waals surface area contributed by atoms with Gasteiger partial charge in [-0.1, -0.05) is 13.8 Å². The number of anilines is 1. The maximum Gasteiger partial charge on any atom is 0.282 e. The minimum Gasteiger partial charge on any atom is -0.434 e. The molecule has 1 amide bonds. The Morgan fingerprint density at radius 2 is 1.93 bits per heavy atom. The molecule has 2 aliphatic heterocycles. The molecule has 2 aromatic rings. The standard InChI is InChI=1S/C32H50FN7O3/c1-8-40(24(4)5)31(41)26-18-25(33)10-11-28(26)43-30-29(34-22-35-36-30)38-16-13-32(19-38)20-39(21-32)27(23(2)3)12-15-37(6)14-9-17-42-7/h10-11,18,22-24,27H,8-9,12-17,19-21H2,1-7H3. The third kappa shape index (κ3) is 7.99. The summed E-state index contributed by atoms with van der Waals surface area (Å²) in [4.78, 5) is 26.8. The Balaban J connectivity index is 1.42. The van der Waals surface area contributed by atoms with E-state index in [1.807, 2.05) is 20.8 Å². The molecule has 2 aliphatic rings. The number of carbonyl (C=O) groups is 1. The summed E-state index contributed by atoms with van der Waals surface area (Å²) in [7, 11) is 3.95. The molecule has 0 N–H and O–H groups in total. The number of benzene rings is 1. The number of likely N-dealkylation sites (tertiary alicyclic amines) is 1. The fraction of sp³-hybridized carbons (Fsp3) is 0.688. The Hall–Kier alpha value is -2.89. The van der Waals surface area contributed by atoms with E-state index < -0.39 is 5.82 Å². The summed E-state index contributed by atoms with van der Waals surface area (Å²) in [6.07, 6.45) is 4.70. The lowest BCUT2D eigenvalue weighted by molar-refractivity contribution is -0.0354. The van der Waals surface area contributed by atoms with E-state index in [9.17, 15) is 9.18 Å². The number of nitrogens with zero attached hydrogens (tertiary/aromatic N) is 7. The topological polar surface area (TPSA) is 87.2 Å². The Morgan fingerprint density at radius 3 is 2.60 bits per heavy atom. The summed E-state index contributed by atoms with van der Waals surface area (Å²) in [6.45, 7) is 17.7. The zero-order chi connectivity index (χ0) is 31.1. The summed E-state index contributed by atoms with van der Waals surface area (Å²) in [5.41, 5.74) is 0.360. The van der Waals surface area contributed by atoms with Crippen LogP contribution in [0, 0.1) is 17.2 Å². The Morgan fingerprint density at radius 1 is 1.16 bits per heavy atom. The van der Waals surface area contributed by atoms with E-state index in [1.165, 1.54) is 24.5 Å². The van der Waals surface area contributed by atoms with Crippen LogP contribution in [0.25, 0.3) is 0 Å². The van der Waals surface area contributed by atoms with E-state index in [4.69, 9.17) is 9.47 Å². The van der Waals surface area contributed by atoms with E-state index >= 15 is 0 Å². The van der Waals surface area contributed by atoms with Gasteiger partial charge in [-0.15, -0.1) is 10.2 Å². The highest BCUT2D eigenvalue weighted by atomic mass is 19.1. The van der Waals surface area contributed by atoms with Crippen molar-refractivity contribution < 1.29 is 18.7 Å². The molecular weight excluding hydrogens is 549 g/mol. The second kappa shape index (κ2) is 14.7. The first-order valence-electron chi connectivity index (χ1n) is 15.7. The lowest BCUT2D eigenvalue weighted by atomic mass is 9.76. The van der Waals surface area contributed by atoms with Crippen LogP contribution in [0.1, 0.15) is 64.2 Å². The molecule has 4 rings (SSSR count). The highest BCUT2D eigenvalue weighted by molar-refractivity contribution is 5.97. The van der Waals surface area contributed by atoms with E-state index in [-0.39, 0.29) is 34.6 Å². The molecule has 1 spiro atoms. The van der Waals surface area contributed by atoms with Crippen molar-refractivity contribution in [3.05, 3.63) is 35.9 Å². The molecule has 11 heteroatoms. The summed E-state index contributed by atoms with van der Waals surface area (Å²) in [6, 6.07) is 4.50. The lowest BCUT2D eigenvalue weighted by Gasteiger charge is -2.53. The molecule has 0 radical (unpaired) electrons. The summed E-state index contributed by atoms with van der Waals surface area (Å²) >= 11 is 0. The van der Waals surface area contributed by atoms with Gasteiger partial charge in [0.05, 0.1) is 5.56 Å².